The number of rotatable bonds is 6. The van der Waals surface area contributed by atoms with E-state index in [-0.39, 0.29) is 17.4 Å². The third-order valence-electron chi connectivity index (χ3n) is 8.45. The number of hydrogen-bond acceptors (Lipinski definition) is 4. The first-order chi connectivity index (χ1) is 17.8. The lowest BCUT2D eigenvalue weighted by atomic mass is 9.85. The summed E-state index contributed by atoms with van der Waals surface area (Å²) in [4.78, 5) is 15.7. The average Bonchev–Trinajstić information content (AvgIpc) is 3.34. The standard InChI is InChI=1S/C32H42N2O3/c1-32(2,3)27-8-12-30-25(19-27)18-26(21-37-30)31(35)33-28-9-5-22(17-28)20-34-15-13-24(14-16-34)23-6-10-29(36-4)11-7-23/h6-8,10-12,18-19,22,24,28H,5,9,13-17,20-21H2,1-4H3,(H,33,35)/t22-,28+/m1/s1. The highest BCUT2D eigenvalue weighted by atomic mass is 16.5. The predicted molar refractivity (Wildman–Crippen MR) is 149 cm³/mol. The molecule has 198 valence electrons. The molecule has 5 rings (SSSR count). The molecule has 37 heavy (non-hydrogen) atoms. The summed E-state index contributed by atoms with van der Waals surface area (Å²) >= 11 is 0. The van der Waals surface area contributed by atoms with E-state index in [2.05, 4.69) is 67.4 Å². The number of carbonyl (C=O) groups excluding carboxylic acids is 1. The highest BCUT2D eigenvalue weighted by molar-refractivity contribution is 5.99. The van der Waals surface area contributed by atoms with Crippen molar-refractivity contribution in [3.8, 4) is 11.5 Å². The van der Waals surface area contributed by atoms with Gasteiger partial charge in [0.15, 0.2) is 0 Å². The fourth-order valence-corrected chi connectivity index (χ4v) is 6.12. The van der Waals surface area contributed by atoms with Crippen molar-refractivity contribution >= 4 is 12.0 Å². The van der Waals surface area contributed by atoms with Gasteiger partial charge in [-0.25, -0.2) is 0 Å². The number of piperidine rings is 1. The maximum Gasteiger partial charge on any atom is 0.250 e. The number of nitrogens with one attached hydrogen (secondary N) is 1. The van der Waals surface area contributed by atoms with Crippen LogP contribution in [-0.2, 0) is 10.2 Å². The molecule has 0 spiro atoms. The first kappa shape index (κ1) is 25.8. The smallest absolute Gasteiger partial charge is 0.250 e. The number of likely N-dealkylation sites (tertiary alicyclic amines) is 1. The molecular formula is C32H42N2O3. The summed E-state index contributed by atoms with van der Waals surface area (Å²) in [6.45, 7) is 10.4. The normalized spacial score (nSPS) is 22.6. The Labute approximate surface area is 222 Å². The maximum absolute atomic E-state index is 13.1. The molecule has 0 aromatic heterocycles. The van der Waals surface area contributed by atoms with E-state index in [0.29, 0.717) is 18.4 Å². The van der Waals surface area contributed by atoms with Crippen LogP contribution in [0, 0.1) is 5.92 Å². The van der Waals surface area contributed by atoms with Crippen LogP contribution in [0.15, 0.2) is 48.0 Å². The molecule has 2 aromatic carbocycles. The molecular weight excluding hydrogens is 460 g/mol. The summed E-state index contributed by atoms with van der Waals surface area (Å²) in [6, 6.07) is 15.2. The molecule has 2 heterocycles. The van der Waals surface area contributed by atoms with Crippen molar-refractivity contribution in [2.24, 2.45) is 5.92 Å². The van der Waals surface area contributed by atoms with Gasteiger partial charge in [0.2, 0.25) is 0 Å². The minimum absolute atomic E-state index is 0.0257. The lowest BCUT2D eigenvalue weighted by Crippen LogP contribution is -2.38. The quantitative estimate of drug-likeness (QED) is 0.532. The van der Waals surface area contributed by atoms with Crippen LogP contribution in [0.2, 0.25) is 0 Å². The van der Waals surface area contributed by atoms with Gasteiger partial charge in [-0.15, -0.1) is 0 Å². The van der Waals surface area contributed by atoms with Crippen molar-refractivity contribution in [2.75, 3.05) is 33.4 Å². The van der Waals surface area contributed by atoms with E-state index < -0.39 is 0 Å². The van der Waals surface area contributed by atoms with Crippen LogP contribution in [0.1, 0.15) is 75.5 Å². The molecule has 0 bridgehead atoms. The van der Waals surface area contributed by atoms with Gasteiger partial charge in [-0.05, 0) is 104 Å². The van der Waals surface area contributed by atoms with Crippen molar-refractivity contribution in [1.29, 1.82) is 0 Å². The van der Waals surface area contributed by atoms with E-state index in [0.717, 1.165) is 55.1 Å². The zero-order chi connectivity index (χ0) is 26.0. The molecule has 5 heteroatoms. The van der Waals surface area contributed by atoms with Crippen molar-refractivity contribution in [3.05, 3.63) is 64.7 Å². The van der Waals surface area contributed by atoms with Gasteiger partial charge in [0, 0.05) is 18.2 Å². The fourth-order valence-electron chi connectivity index (χ4n) is 6.12. The van der Waals surface area contributed by atoms with Crippen LogP contribution in [0.5, 0.6) is 11.5 Å². The molecule has 1 N–H and O–H groups in total. The van der Waals surface area contributed by atoms with Crippen molar-refractivity contribution in [1.82, 2.24) is 10.2 Å². The van der Waals surface area contributed by atoms with Crippen molar-refractivity contribution < 1.29 is 14.3 Å². The van der Waals surface area contributed by atoms with Gasteiger partial charge in [0.25, 0.3) is 5.91 Å². The molecule has 0 unspecified atom stereocenters. The Hall–Kier alpha value is -2.79. The van der Waals surface area contributed by atoms with Gasteiger partial charge in [-0.3, -0.25) is 4.79 Å². The summed E-state index contributed by atoms with van der Waals surface area (Å²) in [7, 11) is 1.72. The number of methoxy groups -OCH3 is 1. The van der Waals surface area contributed by atoms with Gasteiger partial charge in [0.1, 0.15) is 18.1 Å². The number of benzene rings is 2. The molecule has 2 aliphatic heterocycles. The molecule has 0 radical (unpaired) electrons. The molecule has 2 aromatic rings. The minimum atomic E-state index is 0.0257. The van der Waals surface area contributed by atoms with E-state index in [1.807, 2.05) is 12.1 Å². The highest BCUT2D eigenvalue weighted by Crippen LogP contribution is 2.34. The van der Waals surface area contributed by atoms with E-state index >= 15 is 0 Å². The van der Waals surface area contributed by atoms with Gasteiger partial charge in [-0.1, -0.05) is 39.0 Å². The fraction of sp³-hybridized carbons (Fsp3) is 0.531. The zero-order valence-corrected chi connectivity index (χ0v) is 22.9. The lowest BCUT2D eigenvalue weighted by molar-refractivity contribution is -0.118. The molecule has 2 atom stereocenters. The highest BCUT2D eigenvalue weighted by Gasteiger charge is 2.30. The Balaban J connectivity index is 1.09. The molecule has 3 aliphatic rings. The second-order valence-electron chi connectivity index (χ2n) is 12.2. The van der Waals surface area contributed by atoms with Crippen LogP contribution >= 0.6 is 0 Å². The second kappa shape index (κ2) is 10.9. The third-order valence-corrected chi connectivity index (χ3v) is 8.45. The number of amides is 1. The number of hydrogen-bond donors (Lipinski definition) is 1. The number of nitrogens with zero attached hydrogens (tertiary/aromatic N) is 1. The van der Waals surface area contributed by atoms with Crippen LogP contribution in [0.3, 0.4) is 0 Å². The Morgan fingerprint density at radius 1 is 1.05 bits per heavy atom. The predicted octanol–water partition coefficient (Wildman–Crippen LogP) is 5.93. The monoisotopic (exact) mass is 502 g/mol. The molecule has 5 nitrogen and oxygen atoms in total. The van der Waals surface area contributed by atoms with Gasteiger partial charge in [0.05, 0.1) is 12.7 Å². The molecule has 2 fully saturated rings. The van der Waals surface area contributed by atoms with E-state index in [1.165, 1.54) is 30.4 Å². The first-order valence-electron chi connectivity index (χ1n) is 13.9. The molecule has 1 saturated heterocycles. The van der Waals surface area contributed by atoms with Crippen LogP contribution in [-0.4, -0.2) is 50.2 Å². The Bertz CT molecular complexity index is 1120. The minimum Gasteiger partial charge on any atom is -0.497 e. The zero-order valence-electron chi connectivity index (χ0n) is 22.9. The SMILES string of the molecule is COc1ccc(C2CCN(C[C@@H]3CC[C@H](NC(=O)C4=Cc5cc(C(C)(C)C)ccc5OC4)C3)CC2)cc1. The molecule has 1 saturated carbocycles. The van der Waals surface area contributed by atoms with E-state index in [1.54, 1.807) is 7.11 Å². The summed E-state index contributed by atoms with van der Waals surface area (Å²) < 4.78 is 11.2. The molecule has 1 amide bonds. The van der Waals surface area contributed by atoms with Crippen molar-refractivity contribution in [3.63, 3.8) is 0 Å². The summed E-state index contributed by atoms with van der Waals surface area (Å²) in [5.41, 5.74) is 4.47. The van der Waals surface area contributed by atoms with Gasteiger partial charge >= 0.3 is 0 Å². The third kappa shape index (κ3) is 6.20. The summed E-state index contributed by atoms with van der Waals surface area (Å²) in [5, 5.41) is 3.31. The number of fused-ring (bicyclic) bond motifs is 1. The van der Waals surface area contributed by atoms with Crippen LogP contribution in [0.4, 0.5) is 0 Å². The Kier molecular flexibility index (Phi) is 7.62. The van der Waals surface area contributed by atoms with Gasteiger partial charge < -0.3 is 19.7 Å². The van der Waals surface area contributed by atoms with Crippen LogP contribution < -0.4 is 14.8 Å². The number of ether oxygens (including phenoxy) is 2. The Morgan fingerprint density at radius 3 is 2.51 bits per heavy atom. The van der Waals surface area contributed by atoms with Crippen molar-refractivity contribution in [2.45, 2.75) is 70.3 Å². The topological polar surface area (TPSA) is 50.8 Å². The lowest BCUT2D eigenvalue weighted by Gasteiger charge is -2.33. The Morgan fingerprint density at radius 2 is 1.81 bits per heavy atom. The average molecular weight is 503 g/mol. The largest absolute Gasteiger partial charge is 0.497 e. The number of carbonyl (C=O) groups is 1. The maximum atomic E-state index is 13.1. The summed E-state index contributed by atoms with van der Waals surface area (Å²) in [5.74, 6) is 3.12. The first-order valence-corrected chi connectivity index (χ1v) is 13.9. The van der Waals surface area contributed by atoms with E-state index in [9.17, 15) is 4.79 Å². The second-order valence-corrected chi connectivity index (χ2v) is 12.2. The summed E-state index contributed by atoms with van der Waals surface area (Å²) in [6.07, 6.45) is 7.78. The van der Waals surface area contributed by atoms with Crippen LogP contribution in [0.25, 0.3) is 6.08 Å². The van der Waals surface area contributed by atoms with E-state index in [4.69, 9.17) is 9.47 Å². The van der Waals surface area contributed by atoms with Gasteiger partial charge in [-0.2, -0.15) is 0 Å². The molecule has 1 aliphatic carbocycles.